The summed E-state index contributed by atoms with van der Waals surface area (Å²) in [7, 11) is 0. The number of aryl methyl sites for hydroxylation is 1. The molecule has 2 N–H and O–H groups in total. The number of fused-ring (bicyclic) bond motifs is 2. The van der Waals surface area contributed by atoms with Crippen molar-refractivity contribution in [2.24, 2.45) is 0 Å². The molecule has 0 saturated heterocycles. The van der Waals surface area contributed by atoms with Gasteiger partial charge in [-0.25, -0.2) is 0 Å². The quantitative estimate of drug-likeness (QED) is 0.276. The number of carboxylic acids is 2. The number of nitrogens with one attached hydrogen (secondary N) is 2. The molecule has 0 saturated carbocycles. The summed E-state index contributed by atoms with van der Waals surface area (Å²) in [4.78, 5) is 23.6. The van der Waals surface area contributed by atoms with Crippen LogP contribution in [0.3, 0.4) is 0 Å². The molecule has 0 bridgehead atoms. The highest BCUT2D eigenvalue weighted by molar-refractivity contribution is 5.91. The maximum Gasteiger partial charge on any atom is 0.131 e. The van der Waals surface area contributed by atoms with E-state index < -0.39 is 11.9 Å². The second-order valence-corrected chi connectivity index (χ2v) is 8.23. The van der Waals surface area contributed by atoms with Crippen LogP contribution in [-0.2, 0) is 19.3 Å². The van der Waals surface area contributed by atoms with Gasteiger partial charge in [0.2, 0.25) is 0 Å². The fraction of sp³-hybridized carbons (Fsp3) is 0.333. The largest absolute Gasteiger partial charge is 0.545 e. The first-order valence-electron chi connectivity index (χ1n) is 11.5. The van der Waals surface area contributed by atoms with Crippen LogP contribution in [0, 0.1) is 0 Å². The molecule has 7 nitrogen and oxygen atoms in total. The molecule has 0 radical (unpaired) electrons. The van der Waals surface area contributed by atoms with Crippen molar-refractivity contribution in [2.75, 3.05) is 26.2 Å². The van der Waals surface area contributed by atoms with E-state index >= 15 is 0 Å². The van der Waals surface area contributed by atoms with Gasteiger partial charge in [-0.15, -0.1) is 13.2 Å². The highest BCUT2D eigenvalue weighted by Gasteiger charge is 2.25. The summed E-state index contributed by atoms with van der Waals surface area (Å²) in [5.74, 6) is -1.30. The molecule has 3 rings (SSSR count). The van der Waals surface area contributed by atoms with Crippen LogP contribution in [0.15, 0.2) is 49.6 Å². The first-order valence-corrected chi connectivity index (χ1v) is 11.5. The number of hydrogen-bond donors (Lipinski definition) is 2. The number of rotatable bonds is 14. The zero-order valence-electron chi connectivity index (χ0n) is 19.3. The molecule has 34 heavy (non-hydrogen) atoms. The minimum absolute atomic E-state index is 0.0599. The minimum atomic E-state index is -1.27. The molecular weight excluding hydrogens is 432 g/mol. The van der Waals surface area contributed by atoms with Crippen LogP contribution >= 0.6 is 0 Å². The Bertz CT molecular complexity index is 1080. The Balaban J connectivity index is 1.97. The average molecular weight is 463 g/mol. The van der Waals surface area contributed by atoms with Crippen molar-refractivity contribution in [2.45, 2.75) is 32.1 Å². The lowest BCUT2D eigenvalue weighted by Gasteiger charge is -2.27. The van der Waals surface area contributed by atoms with E-state index in [0.29, 0.717) is 67.1 Å². The molecule has 7 heteroatoms. The summed E-state index contributed by atoms with van der Waals surface area (Å²) in [6, 6.07) is 6.39. The van der Waals surface area contributed by atoms with Gasteiger partial charge >= 0.3 is 0 Å². The van der Waals surface area contributed by atoms with E-state index in [4.69, 9.17) is 4.74 Å². The second kappa shape index (κ2) is 12.2. The number of aromatic carboxylic acids is 2. The van der Waals surface area contributed by atoms with Crippen molar-refractivity contribution < 1.29 is 24.5 Å². The number of carbonyl (C=O) groups excluding carboxylic acids is 2. The number of carbonyl (C=O) groups is 2. The van der Waals surface area contributed by atoms with Gasteiger partial charge < -0.3 is 35.2 Å². The van der Waals surface area contributed by atoms with E-state index in [1.807, 2.05) is 0 Å². The Kier molecular flexibility index (Phi) is 9.01. The Morgan fingerprint density at radius 3 is 2.24 bits per heavy atom. The number of benzene rings is 2. The Hall–Kier alpha value is -3.42. The van der Waals surface area contributed by atoms with Crippen LogP contribution in [0.1, 0.15) is 55.8 Å². The molecule has 180 valence electrons. The van der Waals surface area contributed by atoms with Gasteiger partial charge in [-0.1, -0.05) is 12.2 Å². The number of hydrogen-bond acceptors (Lipinski definition) is 7. The number of carboxylic acid groups (broad SMARTS) is 2. The van der Waals surface area contributed by atoms with E-state index in [1.165, 1.54) is 12.1 Å². The van der Waals surface area contributed by atoms with Crippen molar-refractivity contribution in [1.82, 2.24) is 10.6 Å². The van der Waals surface area contributed by atoms with E-state index in [0.717, 1.165) is 24.9 Å². The van der Waals surface area contributed by atoms with Crippen molar-refractivity contribution in [3.05, 3.63) is 83.0 Å². The zero-order valence-corrected chi connectivity index (χ0v) is 19.3. The molecule has 0 amide bonds. The molecule has 2 aromatic rings. The minimum Gasteiger partial charge on any atom is -0.545 e. The Morgan fingerprint density at radius 2 is 1.62 bits per heavy atom. The second-order valence-electron chi connectivity index (χ2n) is 8.23. The molecule has 0 fully saturated rings. The highest BCUT2D eigenvalue weighted by Crippen LogP contribution is 2.41. The molecule has 0 aliphatic carbocycles. The van der Waals surface area contributed by atoms with Crippen LogP contribution in [0.2, 0.25) is 0 Å². The lowest BCUT2D eigenvalue weighted by atomic mass is 9.86. The zero-order chi connectivity index (χ0) is 24.5. The SMILES string of the molecule is C=CCNCCCc1cc2c(c(CCCNCC=C)c1C(=O)[O-])Cc1cc(C(=O)[O-])ccc1O2. The van der Waals surface area contributed by atoms with E-state index in [2.05, 4.69) is 23.8 Å². The summed E-state index contributed by atoms with van der Waals surface area (Å²) in [6.07, 6.45) is 6.48. The van der Waals surface area contributed by atoms with Crippen LogP contribution < -0.4 is 25.6 Å². The summed E-state index contributed by atoms with van der Waals surface area (Å²) in [5.41, 5.74) is 3.10. The predicted octanol–water partition coefficient (Wildman–Crippen LogP) is 1.53. The van der Waals surface area contributed by atoms with Crippen molar-refractivity contribution in [3.8, 4) is 11.5 Å². The number of ether oxygens (including phenoxy) is 1. The monoisotopic (exact) mass is 462 g/mol. The highest BCUT2D eigenvalue weighted by atomic mass is 16.5. The summed E-state index contributed by atoms with van der Waals surface area (Å²) in [6.45, 7) is 10.2. The van der Waals surface area contributed by atoms with Crippen molar-refractivity contribution in [3.63, 3.8) is 0 Å². The van der Waals surface area contributed by atoms with Gasteiger partial charge in [0.05, 0.1) is 11.9 Å². The van der Waals surface area contributed by atoms with Gasteiger partial charge in [0.15, 0.2) is 0 Å². The first-order chi connectivity index (χ1) is 16.5. The van der Waals surface area contributed by atoms with Crippen LogP contribution in [-0.4, -0.2) is 38.1 Å². The third-order valence-electron chi connectivity index (χ3n) is 5.83. The van der Waals surface area contributed by atoms with Crippen LogP contribution in [0.5, 0.6) is 11.5 Å². The van der Waals surface area contributed by atoms with Gasteiger partial charge in [0.1, 0.15) is 11.5 Å². The van der Waals surface area contributed by atoms with Crippen molar-refractivity contribution >= 4 is 11.9 Å². The van der Waals surface area contributed by atoms with Gasteiger partial charge in [0, 0.05) is 30.6 Å². The fourth-order valence-electron chi connectivity index (χ4n) is 4.28. The Labute approximate surface area is 200 Å². The Morgan fingerprint density at radius 1 is 0.941 bits per heavy atom. The maximum atomic E-state index is 12.3. The topological polar surface area (TPSA) is 114 Å². The van der Waals surface area contributed by atoms with Gasteiger partial charge in [-0.3, -0.25) is 0 Å². The maximum absolute atomic E-state index is 12.3. The molecule has 1 aliphatic rings. The van der Waals surface area contributed by atoms with E-state index in [9.17, 15) is 19.8 Å². The molecular formula is C27H30N2O5-2. The van der Waals surface area contributed by atoms with E-state index in [-0.39, 0.29) is 11.1 Å². The third kappa shape index (κ3) is 6.12. The molecule has 0 spiro atoms. The fourth-order valence-corrected chi connectivity index (χ4v) is 4.28. The normalized spacial score (nSPS) is 11.8. The lowest BCUT2D eigenvalue weighted by Crippen LogP contribution is -2.28. The smallest absolute Gasteiger partial charge is 0.131 e. The van der Waals surface area contributed by atoms with Crippen LogP contribution in [0.4, 0.5) is 0 Å². The molecule has 0 atom stereocenters. The first kappa shape index (κ1) is 25.2. The third-order valence-corrected chi connectivity index (χ3v) is 5.83. The average Bonchev–Trinajstić information content (AvgIpc) is 2.81. The van der Waals surface area contributed by atoms with Gasteiger partial charge in [0.25, 0.3) is 0 Å². The van der Waals surface area contributed by atoms with Crippen molar-refractivity contribution in [1.29, 1.82) is 0 Å². The molecule has 1 heterocycles. The summed E-state index contributed by atoms with van der Waals surface area (Å²) >= 11 is 0. The molecule has 1 aliphatic heterocycles. The molecule has 0 aromatic heterocycles. The van der Waals surface area contributed by atoms with Crippen LogP contribution in [0.25, 0.3) is 0 Å². The molecule has 2 aromatic carbocycles. The lowest BCUT2D eigenvalue weighted by molar-refractivity contribution is -0.256. The van der Waals surface area contributed by atoms with Gasteiger partial charge in [-0.05, 0) is 85.3 Å². The summed E-state index contributed by atoms with van der Waals surface area (Å²) in [5, 5.41) is 30.1. The summed E-state index contributed by atoms with van der Waals surface area (Å²) < 4.78 is 6.13. The van der Waals surface area contributed by atoms with Gasteiger partial charge in [-0.2, -0.15) is 0 Å². The predicted molar refractivity (Wildman–Crippen MR) is 127 cm³/mol. The van der Waals surface area contributed by atoms with E-state index in [1.54, 1.807) is 24.3 Å². The molecule has 0 unspecified atom stereocenters. The standard InChI is InChI=1S/C27H32N2O5/c1-3-11-28-13-5-7-18-17-24-22(16-20-15-19(26(30)31)9-10-23(20)34-24)21(25(18)27(32)33)8-6-14-29-12-4-2/h3-4,9-10,15,17,28-29H,1-2,5-8,11-14,16H2,(H,30,31)(H,32,33)/p-2.